The second-order valence-corrected chi connectivity index (χ2v) is 7.91. The molecule has 0 atom stereocenters. The minimum Gasteiger partial charge on any atom is -0.477 e. The molecule has 4 heterocycles. The SMILES string of the molecule is Cc1cc(C)n(-c2cc(OCC3CCN(c4ncc(Br)cn4)CC3)ncn2)n1. The molecule has 3 aromatic heterocycles. The Balaban J connectivity index is 1.32. The Kier molecular flexibility index (Phi) is 5.52. The zero-order chi connectivity index (χ0) is 19.5. The third kappa shape index (κ3) is 4.30. The summed E-state index contributed by atoms with van der Waals surface area (Å²) in [7, 11) is 0. The van der Waals surface area contributed by atoms with E-state index in [2.05, 4.69) is 45.9 Å². The summed E-state index contributed by atoms with van der Waals surface area (Å²) in [4.78, 5) is 19.5. The van der Waals surface area contributed by atoms with Crippen molar-refractivity contribution in [1.82, 2.24) is 29.7 Å². The molecule has 0 aromatic carbocycles. The van der Waals surface area contributed by atoms with E-state index in [1.807, 2.05) is 26.0 Å². The molecule has 146 valence electrons. The largest absolute Gasteiger partial charge is 0.477 e. The van der Waals surface area contributed by atoms with Gasteiger partial charge in [-0.25, -0.2) is 24.6 Å². The lowest BCUT2D eigenvalue weighted by Crippen LogP contribution is -2.36. The maximum atomic E-state index is 5.96. The lowest BCUT2D eigenvalue weighted by Gasteiger charge is -2.31. The first-order valence-corrected chi connectivity index (χ1v) is 10.1. The molecule has 3 aromatic rings. The fourth-order valence-corrected chi connectivity index (χ4v) is 3.56. The maximum absolute atomic E-state index is 5.96. The van der Waals surface area contributed by atoms with Crippen LogP contribution in [0.2, 0.25) is 0 Å². The van der Waals surface area contributed by atoms with Gasteiger partial charge < -0.3 is 9.64 Å². The second kappa shape index (κ2) is 8.22. The van der Waals surface area contributed by atoms with Crippen molar-refractivity contribution < 1.29 is 4.74 Å². The van der Waals surface area contributed by atoms with Crippen LogP contribution in [0.3, 0.4) is 0 Å². The van der Waals surface area contributed by atoms with Crippen LogP contribution in [0.4, 0.5) is 5.95 Å². The van der Waals surface area contributed by atoms with E-state index >= 15 is 0 Å². The molecule has 8 nitrogen and oxygen atoms in total. The number of nitrogens with zero attached hydrogens (tertiary/aromatic N) is 7. The molecule has 0 N–H and O–H groups in total. The van der Waals surface area contributed by atoms with E-state index in [0.29, 0.717) is 18.4 Å². The summed E-state index contributed by atoms with van der Waals surface area (Å²) >= 11 is 3.37. The third-order valence-corrected chi connectivity index (χ3v) is 5.23. The Morgan fingerprint density at radius 1 is 1.07 bits per heavy atom. The fraction of sp³-hybridized carbons (Fsp3) is 0.421. The van der Waals surface area contributed by atoms with Crippen molar-refractivity contribution in [3.8, 4) is 11.7 Å². The maximum Gasteiger partial charge on any atom is 0.225 e. The topological polar surface area (TPSA) is 81.9 Å². The first-order chi connectivity index (χ1) is 13.6. The molecule has 28 heavy (non-hydrogen) atoms. The van der Waals surface area contributed by atoms with E-state index in [0.717, 1.165) is 53.6 Å². The van der Waals surface area contributed by atoms with E-state index in [4.69, 9.17) is 4.74 Å². The van der Waals surface area contributed by atoms with Gasteiger partial charge >= 0.3 is 0 Å². The van der Waals surface area contributed by atoms with Gasteiger partial charge in [-0.15, -0.1) is 0 Å². The molecule has 0 spiro atoms. The quantitative estimate of drug-likeness (QED) is 0.598. The number of hydrogen-bond acceptors (Lipinski definition) is 7. The van der Waals surface area contributed by atoms with E-state index in [1.54, 1.807) is 17.1 Å². The number of piperidine rings is 1. The molecule has 1 saturated heterocycles. The van der Waals surface area contributed by atoms with Gasteiger partial charge in [0.05, 0.1) is 16.8 Å². The number of ether oxygens (including phenoxy) is 1. The predicted molar refractivity (Wildman–Crippen MR) is 109 cm³/mol. The van der Waals surface area contributed by atoms with Crippen LogP contribution in [0.1, 0.15) is 24.2 Å². The Morgan fingerprint density at radius 2 is 1.82 bits per heavy atom. The summed E-state index contributed by atoms with van der Waals surface area (Å²) < 4.78 is 8.66. The molecule has 4 rings (SSSR count). The number of hydrogen-bond donors (Lipinski definition) is 0. The number of halogens is 1. The first-order valence-electron chi connectivity index (χ1n) is 9.29. The highest BCUT2D eigenvalue weighted by Crippen LogP contribution is 2.22. The van der Waals surface area contributed by atoms with E-state index in [-0.39, 0.29) is 0 Å². The molecule has 0 amide bonds. The molecule has 0 saturated carbocycles. The normalized spacial score (nSPS) is 15.0. The van der Waals surface area contributed by atoms with Crippen molar-refractivity contribution in [2.45, 2.75) is 26.7 Å². The zero-order valence-electron chi connectivity index (χ0n) is 15.9. The van der Waals surface area contributed by atoms with Crippen LogP contribution in [0, 0.1) is 19.8 Å². The first kappa shape index (κ1) is 18.8. The highest BCUT2D eigenvalue weighted by molar-refractivity contribution is 9.10. The smallest absolute Gasteiger partial charge is 0.225 e. The molecule has 1 aliphatic heterocycles. The monoisotopic (exact) mass is 443 g/mol. The van der Waals surface area contributed by atoms with Crippen molar-refractivity contribution in [1.29, 1.82) is 0 Å². The number of rotatable bonds is 5. The van der Waals surface area contributed by atoms with Crippen molar-refractivity contribution in [2.24, 2.45) is 5.92 Å². The number of aromatic nitrogens is 6. The summed E-state index contributed by atoms with van der Waals surface area (Å²) in [6.07, 6.45) is 7.17. The van der Waals surface area contributed by atoms with Gasteiger partial charge in [-0.3, -0.25) is 0 Å². The van der Waals surface area contributed by atoms with Gasteiger partial charge in [0, 0.05) is 37.2 Å². The van der Waals surface area contributed by atoms with Crippen LogP contribution in [0.5, 0.6) is 5.88 Å². The summed E-state index contributed by atoms with van der Waals surface area (Å²) in [6, 6.07) is 3.86. The molecule has 0 aliphatic carbocycles. The van der Waals surface area contributed by atoms with Crippen LogP contribution in [-0.4, -0.2) is 49.4 Å². The highest BCUT2D eigenvalue weighted by Gasteiger charge is 2.21. The van der Waals surface area contributed by atoms with Crippen LogP contribution in [0.15, 0.2) is 35.3 Å². The average Bonchev–Trinajstić information content (AvgIpc) is 3.06. The number of anilines is 1. The van der Waals surface area contributed by atoms with E-state index in [9.17, 15) is 0 Å². The summed E-state index contributed by atoms with van der Waals surface area (Å²) in [6.45, 7) is 6.47. The van der Waals surface area contributed by atoms with Gasteiger partial charge in [0.2, 0.25) is 11.8 Å². The Labute approximate surface area is 172 Å². The predicted octanol–water partition coefficient (Wildman–Crippen LogP) is 3.13. The zero-order valence-corrected chi connectivity index (χ0v) is 17.5. The second-order valence-electron chi connectivity index (χ2n) is 7.00. The van der Waals surface area contributed by atoms with Crippen molar-refractivity contribution >= 4 is 21.9 Å². The van der Waals surface area contributed by atoms with Crippen LogP contribution < -0.4 is 9.64 Å². The van der Waals surface area contributed by atoms with Gasteiger partial charge in [-0.05, 0) is 54.6 Å². The Bertz CT molecular complexity index is 936. The van der Waals surface area contributed by atoms with Crippen molar-refractivity contribution in [3.05, 3.63) is 46.7 Å². The third-order valence-electron chi connectivity index (χ3n) is 4.83. The molecular weight excluding hydrogens is 422 g/mol. The van der Waals surface area contributed by atoms with Gasteiger partial charge in [-0.2, -0.15) is 5.10 Å². The number of aryl methyl sites for hydroxylation is 2. The van der Waals surface area contributed by atoms with Gasteiger partial charge in [0.15, 0.2) is 5.82 Å². The van der Waals surface area contributed by atoms with Crippen molar-refractivity contribution in [3.63, 3.8) is 0 Å². The molecule has 0 bridgehead atoms. The summed E-state index contributed by atoms with van der Waals surface area (Å²) in [5, 5.41) is 4.46. The molecule has 9 heteroatoms. The van der Waals surface area contributed by atoms with Gasteiger partial charge in [0.1, 0.15) is 6.33 Å². The Morgan fingerprint density at radius 3 is 2.50 bits per heavy atom. The highest BCUT2D eigenvalue weighted by atomic mass is 79.9. The minimum atomic E-state index is 0.485. The standard InChI is InChI=1S/C19H22BrN7O/c1-13-7-14(2)27(25-13)17-8-18(24-12-23-17)28-11-15-3-5-26(6-4-15)19-21-9-16(20)10-22-19/h7-10,12,15H,3-6,11H2,1-2H3. The average molecular weight is 444 g/mol. The minimum absolute atomic E-state index is 0.485. The lowest BCUT2D eigenvalue weighted by atomic mass is 9.98. The fourth-order valence-electron chi connectivity index (χ4n) is 3.36. The van der Waals surface area contributed by atoms with E-state index in [1.165, 1.54) is 6.33 Å². The van der Waals surface area contributed by atoms with Crippen molar-refractivity contribution in [2.75, 3.05) is 24.6 Å². The van der Waals surface area contributed by atoms with Crippen LogP contribution >= 0.6 is 15.9 Å². The molecule has 1 fully saturated rings. The molecular formula is C19H22BrN7O. The molecule has 1 aliphatic rings. The Hall–Kier alpha value is -2.55. The van der Waals surface area contributed by atoms with Gasteiger partial charge in [0.25, 0.3) is 0 Å². The molecule has 0 radical (unpaired) electrons. The summed E-state index contributed by atoms with van der Waals surface area (Å²) in [5.41, 5.74) is 1.99. The van der Waals surface area contributed by atoms with Gasteiger partial charge in [-0.1, -0.05) is 0 Å². The van der Waals surface area contributed by atoms with E-state index < -0.39 is 0 Å². The lowest BCUT2D eigenvalue weighted by molar-refractivity contribution is 0.215. The van der Waals surface area contributed by atoms with Crippen LogP contribution in [-0.2, 0) is 0 Å². The molecule has 0 unspecified atom stereocenters. The summed E-state index contributed by atoms with van der Waals surface area (Å²) in [5.74, 6) is 2.57. The van der Waals surface area contributed by atoms with Crippen LogP contribution in [0.25, 0.3) is 5.82 Å².